The van der Waals surface area contributed by atoms with E-state index in [2.05, 4.69) is 61.2 Å². The third kappa shape index (κ3) is 4.40. The van der Waals surface area contributed by atoms with E-state index in [1.54, 1.807) is 11.3 Å². The monoisotopic (exact) mass is 457 g/mol. The Morgan fingerprint density at radius 2 is 1.55 bits per heavy atom. The van der Waals surface area contributed by atoms with Crippen LogP contribution in [0.1, 0.15) is 35.3 Å². The predicted molar refractivity (Wildman–Crippen MR) is 139 cm³/mol. The van der Waals surface area contributed by atoms with Crippen molar-refractivity contribution in [3.63, 3.8) is 0 Å². The third-order valence-corrected chi connectivity index (χ3v) is 7.79. The molecule has 0 amide bonds. The first kappa shape index (κ1) is 22.1. The molecular formula is C28H31N3OS. The number of rotatable bonds is 5. The van der Waals surface area contributed by atoms with Gasteiger partial charge in [0.1, 0.15) is 10.5 Å². The lowest BCUT2D eigenvalue weighted by molar-refractivity contribution is 0.220. The highest BCUT2D eigenvalue weighted by Gasteiger charge is 2.17. The topological polar surface area (TPSA) is 38.1 Å². The van der Waals surface area contributed by atoms with Gasteiger partial charge in [-0.05, 0) is 75.0 Å². The summed E-state index contributed by atoms with van der Waals surface area (Å²) in [5, 5.41) is 0. The van der Waals surface area contributed by atoms with E-state index in [4.69, 9.17) is 4.98 Å². The van der Waals surface area contributed by atoms with Gasteiger partial charge in [0, 0.05) is 23.5 Å². The molecule has 1 aliphatic heterocycles. The molecule has 0 spiro atoms. The number of fused-ring (bicyclic) bond motifs is 1. The van der Waals surface area contributed by atoms with Gasteiger partial charge >= 0.3 is 0 Å². The quantitative estimate of drug-likeness (QED) is 0.358. The first-order valence-electron chi connectivity index (χ1n) is 11.9. The molecular weight excluding hydrogens is 426 g/mol. The number of aromatic nitrogens is 2. The van der Waals surface area contributed by atoms with Crippen LogP contribution < -0.4 is 5.56 Å². The van der Waals surface area contributed by atoms with Crippen molar-refractivity contribution in [1.29, 1.82) is 0 Å². The first-order valence-corrected chi connectivity index (χ1v) is 12.7. The molecule has 2 aromatic heterocycles. The molecule has 3 heterocycles. The van der Waals surface area contributed by atoms with Crippen molar-refractivity contribution in [2.24, 2.45) is 0 Å². The zero-order valence-electron chi connectivity index (χ0n) is 19.7. The zero-order valence-corrected chi connectivity index (χ0v) is 20.5. The van der Waals surface area contributed by atoms with Gasteiger partial charge in [0.15, 0.2) is 0 Å². The number of likely N-dealkylation sites (tertiary alicyclic amines) is 1. The number of benzene rings is 2. The predicted octanol–water partition coefficient (Wildman–Crippen LogP) is 6.20. The highest BCUT2D eigenvalue weighted by atomic mass is 32.1. The summed E-state index contributed by atoms with van der Waals surface area (Å²) in [6.45, 7) is 10.2. The van der Waals surface area contributed by atoms with Gasteiger partial charge in [0.25, 0.3) is 5.56 Å². The third-order valence-electron chi connectivity index (χ3n) is 6.76. The van der Waals surface area contributed by atoms with Gasteiger partial charge in [-0.3, -0.25) is 9.36 Å². The van der Waals surface area contributed by atoms with Gasteiger partial charge < -0.3 is 4.90 Å². The minimum Gasteiger partial charge on any atom is -0.302 e. The molecule has 0 bridgehead atoms. The Bertz CT molecular complexity index is 1320. The van der Waals surface area contributed by atoms with E-state index < -0.39 is 0 Å². The fourth-order valence-corrected chi connectivity index (χ4v) is 5.94. The second-order valence-electron chi connectivity index (χ2n) is 9.21. The van der Waals surface area contributed by atoms with Crippen LogP contribution in [0.5, 0.6) is 0 Å². The SMILES string of the molecule is Cc1cc2nc(-c3ccc(-c4c(C)cccc4C)cc3)n(CCN3CCCCC3)c(=O)c2s1. The van der Waals surface area contributed by atoms with Crippen molar-refractivity contribution in [1.82, 2.24) is 14.5 Å². The van der Waals surface area contributed by atoms with Crippen LogP contribution in [0.25, 0.3) is 32.7 Å². The second-order valence-corrected chi connectivity index (χ2v) is 10.5. The van der Waals surface area contributed by atoms with Crippen LogP contribution in [0.3, 0.4) is 0 Å². The number of nitrogens with zero attached hydrogens (tertiary/aromatic N) is 3. The van der Waals surface area contributed by atoms with Gasteiger partial charge in [-0.2, -0.15) is 0 Å². The Labute approximate surface area is 199 Å². The smallest absolute Gasteiger partial charge is 0.271 e. The minimum atomic E-state index is 0.0870. The van der Waals surface area contributed by atoms with E-state index in [1.165, 1.54) is 41.5 Å². The summed E-state index contributed by atoms with van der Waals surface area (Å²) in [6, 6.07) is 17.0. The lowest BCUT2D eigenvalue weighted by atomic mass is 9.95. The lowest BCUT2D eigenvalue weighted by Crippen LogP contribution is -2.35. The van der Waals surface area contributed by atoms with Gasteiger partial charge in [0.05, 0.1) is 5.52 Å². The summed E-state index contributed by atoms with van der Waals surface area (Å²) in [4.78, 5) is 22.1. The Kier molecular flexibility index (Phi) is 6.17. The molecule has 1 fully saturated rings. The molecule has 4 aromatic rings. The summed E-state index contributed by atoms with van der Waals surface area (Å²) in [5.74, 6) is 0.773. The van der Waals surface area contributed by atoms with Gasteiger partial charge in [-0.1, -0.05) is 48.9 Å². The number of piperidine rings is 1. The van der Waals surface area contributed by atoms with Gasteiger partial charge in [-0.25, -0.2) is 4.98 Å². The van der Waals surface area contributed by atoms with Gasteiger partial charge in [-0.15, -0.1) is 11.3 Å². The number of hydrogen-bond donors (Lipinski definition) is 0. The van der Waals surface area contributed by atoms with Crippen molar-refractivity contribution in [3.05, 3.63) is 74.9 Å². The van der Waals surface area contributed by atoms with Crippen molar-refractivity contribution < 1.29 is 0 Å². The van der Waals surface area contributed by atoms with Gasteiger partial charge in [0.2, 0.25) is 0 Å². The molecule has 170 valence electrons. The van der Waals surface area contributed by atoms with Crippen LogP contribution >= 0.6 is 11.3 Å². The van der Waals surface area contributed by atoms with Crippen molar-refractivity contribution >= 4 is 21.6 Å². The van der Waals surface area contributed by atoms with Crippen molar-refractivity contribution in [2.45, 2.75) is 46.6 Å². The Morgan fingerprint density at radius 1 is 0.879 bits per heavy atom. The average molecular weight is 458 g/mol. The Balaban J connectivity index is 1.55. The maximum atomic E-state index is 13.5. The number of thiophene rings is 1. The molecule has 0 aliphatic carbocycles. The second kappa shape index (κ2) is 9.24. The largest absolute Gasteiger partial charge is 0.302 e. The highest BCUT2D eigenvalue weighted by molar-refractivity contribution is 7.18. The molecule has 0 unspecified atom stereocenters. The van der Waals surface area contributed by atoms with E-state index in [9.17, 15) is 4.79 Å². The fourth-order valence-electron chi connectivity index (χ4n) is 5.04. The molecule has 2 aromatic carbocycles. The van der Waals surface area contributed by atoms with Crippen LogP contribution in [0.15, 0.2) is 53.3 Å². The molecule has 1 saturated heterocycles. The average Bonchev–Trinajstić information content (AvgIpc) is 3.20. The molecule has 5 rings (SSSR count). The molecule has 5 heteroatoms. The molecule has 4 nitrogen and oxygen atoms in total. The van der Waals surface area contributed by atoms with Crippen LogP contribution in [0, 0.1) is 20.8 Å². The normalized spacial score (nSPS) is 14.8. The summed E-state index contributed by atoms with van der Waals surface area (Å²) in [5.41, 5.74) is 6.91. The van der Waals surface area contributed by atoms with Crippen molar-refractivity contribution in [3.8, 4) is 22.5 Å². The molecule has 0 saturated carbocycles. The van der Waals surface area contributed by atoms with Crippen LogP contribution in [-0.4, -0.2) is 34.1 Å². The zero-order chi connectivity index (χ0) is 22.9. The fraction of sp³-hybridized carbons (Fsp3) is 0.357. The standard InChI is InChI=1S/C28H31N3OS/c1-19-8-7-9-20(2)25(19)22-10-12-23(13-11-22)27-29-24-18-21(3)33-26(24)28(32)31(27)17-16-30-14-5-4-6-15-30/h7-13,18H,4-6,14-17H2,1-3H3. The maximum absolute atomic E-state index is 13.5. The maximum Gasteiger partial charge on any atom is 0.271 e. The van der Waals surface area contributed by atoms with E-state index in [0.717, 1.165) is 46.1 Å². The summed E-state index contributed by atoms with van der Waals surface area (Å²) in [7, 11) is 0. The minimum absolute atomic E-state index is 0.0870. The van der Waals surface area contributed by atoms with E-state index in [1.807, 2.05) is 17.6 Å². The molecule has 33 heavy (non-hydrogen) atoms. The van der Waals surface area contributed by atoms with Crippen molar-refractivity contribution in [2.75, 3.05) is 19.6 Å². The van der Waals surface area contributed by atoms with Crippen LogP contribution in [-0.2, 0) is 6.54 Å². The van der Waals surface area contributed by atoms with Crippen LogP contribution in [0.2, 0.25) is 0 Å². The highest BCUT2D eigenvalue weighted by Crippen LogP contribution is 2.30. The molecule has 1 aliphatic rings. The van der Waals surface area contributed by atoms with E-state index >= 15 is 0 Å². The van der Waals surface area contributed by atoms with Crippen LogP contribution in [0.4, 0.5) is 0 Å². The molecule has 0 N–H and O–H groups in total. The summed E-state index contributed by atoms with van der Waals surface area (Å²) < 4.78 is 2.67. The summed E-state index contributed by atoms with van der Waals surface area (Å²) in [6.07, 6.45) is 3.82. The number of aryl methyl sites for hydroxylation is 3. The summed E-state index contributed by atoms with van der Waals surface area (Å²) >= 11 is 1.55. The Hall–Kier alpha value is -2.76. The first-order chi connectivity index (χ1) is 16.0. The molecule has 0 radical (unpaired) electrons. The Morgan fingerprint density at radius 3 is 2.24 bits per heavy atom. The number of hydrogen-bond acceptors (Lipinski definition) is 4. The molecule has 0 atom stereocenters. The van der Waals surface area contributed by atoms with E-state index in [0.29, 0.717) is 6.54 Å². The van der Waals surface area contributed by atoms with E-state index in [-0.39, 0.29) is 5.56 Å². The lowest BCUT2D eigenvalue weighted by Gasteiger charge is -2.27.